The summed E-state index contributed by atoms with van der Waals surface area (Å²) >= 11 is 0. The fourth-order valence-electron chi connectivity index (χ4n) is 4.32. The molecule has 0 saturated carbocycles. The van der Waals surface area contributed by atoms with E-state index in [1.54, 1.807) is 30.3 Å². The SMILES string of the molecule is O=C(OCc1ccccc1C(=O)N1CCN(c2cccc3[nH]ccc23)CC1)c1ccccc1. The van der Waals surface area contributed by atoms with Crippen LogP contribution < -0.4 is 4.90 Å². The Balaban J connectivity index is 1.25. The number of aromatic amines is 1. The Kier molecular flexibility index (Phi) is 5.81. The van der Waals surface area contributed by atoms with E-state index >= 15 is 0 Å². The summed E-state index contributed by atoms with van der Waals surface area (Å²) in [5, 5.41) is 1.20. The molecule has 0 bridgehead atoms. The summed E-state index contributed by atoms with van der Waals surface area (Å²) in [6.45, 7) is 2.86. The highest BCUT2D eigenvalue weighted by Gasteiger charge is 2.25. The number of ether oxygens (including phenoxy) is 1. The second kappa shape index (κ2) is 9.20. The zero-order valence-electron chi connectivity index (χ0n) is 18.2. The van der Waals surface area contributed by atoms with E-state index in [0.717, 1.165) is 18.6 Å². The zero-order chi connectivity index (χ0) is 22.6. The third-order valence-electron chi connectivity index (χ3n) is 6.10. The van der Waals surface area contributed by atoms with Gasteiger partial charge in [-0.1, -0.05) is 42.5 Å². The van der Waals surface area contributed by atoms with Crippen LogP contribution in [0, 0.1) is 0 Å². The minimum Gasteiger partial charge on any atom is -0.457 e. The fourth-order valence-corrected chi connectivity index (χ4v) is 4.32. The highest BCUT2D eigenvalue weighted by atomic mass is 16.5. The lowest BCUT2D eigenvalue weighted by Gasteiger charge is -2.36. The van der Waals surface area contributed by atoms with Crippen LogP contribution in [0.15, 0.2) is 85.1 Å². The lowest BCUT2D eigenvalue weighted by molar-refractivity contribution is 0.0467. The van der Waals surface area contributed by atoms with Gasteiger partial charge in [-0.25, -0.2) is 4.79 Å². The number of H-pyrrole nitrogens is 1. The molecule has 0 radical (unpaired) electrons. The Morgan fingerprint density at radius 3 is 2.39 bits per heavy atom. The number of aromatic nitrogens is 1. The van der Waals surface area contributed by atoms with Crippen LogP contribution in [0.3, 0.4) is 0 Å². The van der Waals surface area contributed by atoms with Crippen molar-refractivity contribution in [1.82, 2.24) is 9.88 Å². The van der Waals surface area contributed by atoms with Crippen molar-refractivity contribution in [2.24, 2.45) is 0 Å². The lowest BCUT2D eigenvalue weighted by atomic mass is 10.1. The molecule has 1 aliphatic rings. The van der Waals surface area contributed by atoms with Crippen molar-refractivity contribution >= 4 is 28.5 Å². The number of nitrogens with zero attached hydrogens (tertiary/aromatic N) is 2. The standard InChI is InChI=1S/C27H25N3O3/c31-26(22-10-5-4-9-21(22)19-33-27(32)20-7-2-1-3-8-20)30-17-15-29(16-18-30)25-12-6-11-24-23(25)13-14-28-24/h1-14,28H,15-19H2. The van der Waals surface area contributed by atoms with Gasteiger partial charge in [0.2, 0.25) is 0 Å². The monoisotopic (exact) mass is 439 g/mol. The molecule has 4 aromatic rings. The third kappa shape index (κ3) is 4.32. The van der Waals surface area contributed by atoms with Crippen LogP contribution in [0.1, 0.15) is 26.3 Å². The maximum atomic E-state index is 13.3. The predicted octanol–water partition coefficient (Wildman–Crippen LogP) is 4.49. The maximum Gasteiger partial charge on any atom is 0.338 e. The van der Waals surface area contributed by atoms with Crippen molar-refractivity contribution in [3.8, 4) is 0 Å². The molecule has 0 spiro atoms. The largest absolute Gasteiger partial charge is 0.457 e. The van der Waals surface area contributed by atoms with Gasteiger partial charge in [-0.15, -0.1) is 0 Å². The molecule has 1 saturated heterocycles. The second-order valence-corrected chi connectivity index (χ2v) is 8.09. The van der Waals surface area contributed by atoms with Crippen molar-refractivity contribution in [3.05, 3.63) is 102 Å². The number of carbonyl (C=O) groups is 2. The Morgan fingerprint density at radius 2 is 1.58 bits per heavy atom. The molecule has 0 aliphatic carbocycles. The number of benzene rings is 3. The summed E-state index contributed by atoms with van der Waals surface area (Å²) in [5.74, 6) is -0.425. The molecular weight excluding hydrogens is 414 g/mol. The van der Waals surface area contributed by atoms with Crippen molar-refractivity contribution in [2.75, 3.05) is 31.1 Å². The second-order valence-electron chi connectivity index (χ2n) is 8.09. The number of rotatable bonds is 5. The number of hydrogen-bond acceptors (Lipinski definition) is 4. The average molecular weight is 440 g/mol. The van der Waals surface area contributed by atoms with Crippen molar-refractivity contribution in [2.45, 2.75) is 6.61 Å². The smallest absolute Gasteiger partial charge is 0.338 e. The summed E-state index contributed by atoms with van der Waals surface area (Å²) in [7, 11) is 0. The van der Waals surface area contributed by atoms with Crippen LogP contribution in [0.2, 0.25) is 0 Å². The summed E-state index contributed by atoms with van der Waals surface area (Å²) in [6.07, 6.45) is 1.95. The summed E-state index contributed by atoms with van der Waals surface area (Å²) in [4.78, 5) is 33.1. The summed E-state index contributed by atoms with van der Waals surface area (Å²) in [5.41, 5.74) is 4.10. The molecule has 1 fully saturated rings. The summed E-state index contributed by atoms with van der Waals surface area (Å²) < 4.78 is 5.48. The summed E-state index contributed by atoms with van der Waals surface area (Å²) in [6, 6.07) is 24.6. The highest BCUT2D eigenvalue weighted by Crippen LogP contribution is 2.27. The van der Waals surface area contributed by atoms with Crippen molar-refractivity contribution in [1.29, 1.82) is 0 Å². The number of anilines is 1. The van der Waals surface area contributed by atoms with E-state index in [4.69, 9.17) is 4.74 Å². The van der Waals surface area contributed by atoms with Gasteiger partial charge in [0.25, 0.3) is 5.91 Å². The first-order valence-corrected chi connectivity index (χ1v) is 11.1. The van der Waals surface area contributed by atoms with E-state index in [-0.39, 0.29) is 12.5 Å². The minimum absolute atomic E-state index is 0.0270. The van der Waals surface area contributed by atoms with Crippen LogP contribution >= 0.6 is 0 Å². The van der Waals surface area contributed by atoms with Crippen molar-refractivity contribution in [3.63, 3.8) is 0 Å². The number of hydrogen-bond donors (Lipinski definition) is 1. The number of amides is 1. The number of fused-ring (bicyclic) bond motifs is 1. The van der Waals surface area contributed by atoms with Crippen molar-refractivity contribution < 1.29 is 14.3 Å². The van der Waals surface area contributed by atoms with E-state index in [9.17, 15) is 9.59 Å². The molecule has 1 aliphatic heterocycles. The van der Waals surface area contributed by atoms with Gasteiger partial charge >= 0.3 is 5.97 Å². The predicted molar refractivity (Wildman–Crippen MR) is 128 cm³/mol. The molecule has 0 unspecified atom stereocenters. The number of nitrogens with one attached hydrogen (secondary N) is 1. The van der Waals surface area contributed by atoms with E-state index in [0.29, 0.717) is 29.8 Å². The Labute approximate surface area is 192 Å². The van der Waals surface area contributed by atoms with E-state index in [1.165, 1.54) is 11.1 Å². The van der Waals surface area contributed by atoms with Gasteiger partial charge in [-0.3, -0.25) is 4.79 Å². The van der Waals surface area contributed by atoms with Gasteiger partial charge in [0.05, 0.1) is 5.56 Å². The van der Waals surface area contributed by atoms with Gasteiger partial charge in [0.15, 0.2) is 0 Å². The Hall–Kier alpha value is -4.06. The van der Waals surface area contributed by atoms with Gasteiger partial charge in [0.1, 0.15) is 6.61 Å². The molecule has 1 amide bonds. The average Bonchev–Trinajstić information content (AvgIpc) is 3.37. The van der Waals surface area contributed by atoms with Gasteiger partial charge in [-0.2, -0.15) is 0 Å². The lowest BCUT2D eigenvalue weighted by Crippen LogP contribution is -2.49. The first-order valence-electron chi connectivity index (χ1n) is 11.1. The molecule has 3 aromatic carbocycles. The number of carbonyl (C=O) groups excluding carboxylic acids is 2. The number of esters is 1. The van der Waals surface area contributed by atoms with Gasteiger partial charge in [-0.05, 0) is 36.4 Å². The van der Waals surface area contributed by atoms with Crippen LogP contribution in [0.5, 0.6) is 0 Å². The normalized spacial score (nSPS) is 13.8. The topological polar surface area (TPSA) is 65.6 Å². The van der Waals surface area contributed by atoms with Crippen LogP contribution in [-0.2, 0) is 11.3 Å². The van der Waals surface area contributed by atoms with Gasteiger partial charge in [0, 0.05) is 60.1 Å². The molecule has 1 N–H and O–H groups in total. The minimum atomic E-state index is -0.398. The quantitative estimate of drug-likeness (QED) is 0.466. The third-order valence-corrected chi connectivity index (χ3v) is 6.10. The molecule has 0 atom stereocenters. The van der Waals surface area contributed by atoms with E-state index in [1.807, 2.05) is 35.4 Å². The van der Waals surface area contributed by atoms with Crippen LogP contribution in [-0.4, -0.2) is 47.9 Å². The Bertz CT molecular complexity index is 1270. The zero-order valence-corrected chi connectivity index (χ0v) is 18.2. The first kappa shape index (κ1) is 20.8. The molecule has 6 nitrogen and oxygen atoms in total. The van der Waals surface area contributed by atoms with E-state index < -0.39 is 5.97 Å². The molecule has 5 rings (SSSR count). The van der Waals surface area contributed by atoms with E-state index in [2.05, 4.69) is 34.1 Å². The molecule has 33 heavy (non-hydrogen) atoms. The molecule has 2 heterocycles. The Morgan fingerprint density at radius 1 is 0.818 bits per heavy atom. The molecule has 166 valence electrons. The first-order chi connectivity index (χ1) is 16.2. The van der Waals surface area contributed by atoms with Gasteiger partial charge < -0.3 is 19.5 Å². The fraction of sp³-hybridized carbons (Fsp3) is 0.185. The molecule has 6 heteroatoms. The molecular formula is C27H25N3O3. The number of piperazine rings is 1. The highest BCUT2D eigenvalue weighted by molar-refractivity contribution is 5.96. The van der Waals surface area contributed by atoms with Crippen LogP contribution in [0.25, 0.3) is 10.9 Å². The molecule has 1 aromatic heterocycles. The maximum absolute atomic E-state index is 13.3. The van der Waals surface area contributed by atoms with Crippen LogP contribution in [0.4, 0.5) is 5.69 Å².